The summed E-state index contributed by atoms with van der Waals surface area (Å²) in [6, 6.07) is 15.3. The first kappa shape index (κ1) is 14.2. The minimum atomic E-state index is 0.932. The Balaban J connectivity index is 2.02. The van der Waals surface area contributed by atoms with Crippen molar-refractivity contribution in [2.75, 3.05) is 7.05 Å². The number of nitrogens with one attached hydrogen (secondary N) is 1. The maximum atomic E-state index is 3.17. The lowest BCUT2D eigenvalue weighted by molar-refractivity contribution is 0.817. The van der Waals surface area contributed by atoms with Gasteiger partial charge >= 0.3 is 0 Å². The smallest absolute Gasteiger partial charge is 0.0237 e. The zero-order valence-corrected chi connectivity index (χ0v) is 12.7. The van der Waals surface area contributed by atoms with Crippen LogP contribution in [0.15, 0.2) is 47.4 Å². The molecule has 0 aliphatic carbocycles. The molecule has 100 valence electrons. The van der Waals surface area contributed by atoms with Gasteiger partial charge in [0, 0.05) is 17.2 Å². The van der Waals surface area contributed by atoms with Crippen molar-refractivity contribution in [3.8, 4) is 0 Å². The summed E-state index contributed by atoms with van der Waals surface area (Å²) in [5, 5.41) is 3.17. The third-order valence-electron chi connectivity index (χ3n) is 3.33. The monoisotopic (exact) mass is 271 g/mol. The van der Waals surface area contributed by atoms with Gasteiger partial charge in [-0.25, -0.2) is 0 Å². The second-order valence-corrected chi connectivity index (χ2v) is 5.88. The topological polar surface area (TPSA) is 12.0 Å². The number of hydrogen-bond donors (Lipinski definition) is 1. The zero-order valence-electron chi connectivity index (χ0n) is 11.9. The normalized spacial score (nSPS) is 10.7. The van der Waals surface area contributed by atoms with Crippen molar-refractivity contribution in [2.24, 2.45) is 0 Å². The van der Waals surface area contributed by atoms with E-state index in [1.807, 2.05) is 18.8 Å². The average molecular weight is 271 g/mol. The third kappa shape index (κ3) is 3.85. The number of aryl methyl sites for hydroxylation is 2. The maximum Gasteiger partial charge on any atom is 0.0237 e. The molecule has 0 aromatic heterocycles. The van der Waals surface area contributed by atoms with Gasteiger partial charge in [0.25, 0.3) is 0 Å². The second-order valence-electron chi connectivity index (χ2n) is 4.83. The van der Waals surface area contributed by atoms with Crippen molar-refractivity contribution in [2.45, 2.75) is 31.0 Å². The first-order chi connectivity index (χ1) is 9.20. The lowest BCUT2D eigenvalue weighted by atomic mass is 10.1. The van der Waals surface area contributed by atoms with Crippen LogP contribution in [0.25, 0.3) is 0 Å². The van der Waals surface area contributed by atoms with E-state index < -0.39 is 0 Å². The maximum absolute atomic E-state index is 3.17. The van der Waals surface area contributed by atoms with Crippen molar-refractivity contribution in [3.05, 3.63) is 64.7 Å². The third-order valence-corrected chi connectivity index (χ3v) is 4.37. The van der Waals surface area contributed by atoms with E-state index in [0.29, 0.717) is 0 Å². The predicted octanol–water partition coefficient (Wildman–Crippen LogP) is 4.32. The predicted molar refractivity (Wildman–Crippen MR) is 84.7 cm³/mol. The molecule has 2 heteroatoms. The van der Waals surface area contributed by atoms with Gasteiger partial charge in [0.05, 0.1) is 0 Å². The average Bonchev–Trinajstić information content (AvgIpc) is 2.40. The summed E-state index contributed by atoms with van der Waals surface area (Å²) in [6.07, 6.45) is 0. The van der Waals surface area contributed by atoms with Crippen LogP contribution < -0.4 is 5.32 Å². The molecule has 0 amide bonds. The Morgan fingerprint density at radius 3 is 2.16 bits per heavy atom. The van der Waals surface area contributed by atoms with Crippen LogP contribution in [0.3, 0.4) is 0 Å². The Bertz CT molecular complexity index is 511. The molecule has 2 rings (SSSR count). The van der Waals surface area contributed by atoms with Gasteiger partial charge in [0.2, 0.25) is 0 Å². The summed E-state index contributed by atoms with van der Waals surface area (Å²) in [5.74, 6) is 1.05. The van der Waals surface area contributed by atoms with Crippen molar-refractivity contribution >= 4 is 11.8 Å². The molecular weight excluding hydrogens is 250 g/mol. The minimum Gasteiger partial charge on any atom is -0.316 e. The molecule has 0 bridgehead atoms. The number of thioether (sulfide) groups is 1. The molecule has 2 aromatic rings. The van der Waals surface area contributed by atoms with Gasteiger partial charge in [-0.1, -0.05) is 30.3 Å². The van der Waals surface area contributed by atoms with Gasteiger partial charge in [-0.2, -0.15) is 0 Å². The second kappa shape index (κ2) is 6.78. The zero-order chi connectivity index (χ0) is 13.7. The van der Waals surface area contributed by atoms with Crippen LogP contribution in [0.1, 0.15) is 22.3 Å². The molecule has 0 aliphatic rings. The van der Waals surface area contributed by atoms with Gasteiger partial charge in [0.15, 0.2) is 0 Å². The van der Waals surface area contributed by atoms with Crippen LogP contribution >= 0.6 is 11.8 Å². The van der Waals surface area contributed by atoms with Crippen molar-refractivity contribution < 1.29 is 0 Å². The Morgan fingerprint density at radius 1 is 0.947 bits per heavy atom. The summed E-state index contributed by atoms with van der Waals surface area (Å²) in [5.41, 5.74) is 5.57. The molecule has 0 fully saturated rings. The number of benzene rings is 2. The van der Waals surface area contributed by atoms with Crippen LogP contribution in [0.4, 0.5) is 0 Å². The van der Waals surface area contributed by atoms with E-state index in [4.69, 9.17) is 0 Å². The van der Waals surface area contributed by atoms with Crippen LogP contribution in [-0.4, -0.2) is 7.05 Å². The van der Waals surface area contributed by atoms with E-state index >= 15 is 0 Å². The van der Waals surface area contributed by atoms with Crippen molar-refractivity contribution in [3.63, 3.8) is 0 Å². The van der Waals surface area contributed by atoms with Gasteiger partial charge < -0.3 is 5.32 Å². The summed E-state index contributed by atoms with van der Waals surface area (Å²) < 4.78 is 0. The molecule has 0 aliphatic heterocycles. The number of hydrogen-bond acceptors (Lipinski definition) is 2. The van der Waals surface area contributed by atoms with Gasteiger partial charge in [-0.15, -0.1) is 11.8 Å². The molecule has 0 unspecified atom stereocenters. The molecule has 2 aromatic carbocycles. The summed E-state index contributed by atoms with van der Waals surface area (Å²) >= 11 is 1.91. The SMILES string of the molecule is CNCc1ccc(SCc2c(C)cccc2C)cc1. The first-order valence-corrected chi connectivity index (χ1v) is 7.60. The van der Waals surface area contributed by atoms with E-state index in [2.05, 4.69) is 61.6 Å². The Labute approximate surface area is 120 Å². The fraction of sp³-hybridized carbons (Fsp3) is 0.294. The van der Waals surface area contributed by atoms with E-state index in [9.17, 15) is 0 Å². The molecular formula is C17H21NS. The van der Waals surface area contributed by atoms with Crippen LogP contribution in [-0.2, 0) is 12.3 Å². The molecule has 0 saturated carbocycles. The van der Waals surface area contributed by atoms with E-state index in [1.165, 1.54) is 27.1 Å². The Hall–Kier alpha value is -1.25. The molecule has 0 saturated heterocycles. The van der Waals surface area contributed by atoms with Crippen LogP contribution in [0.2, 0.25) is 0 Å². The van der Waals surface area contributed by atoms with Gasteiger partial charge in [-0.3, -0.25) is 0 Å². The Kier molecular flexibility index (Phi) is 5.06. The summed E-state index contributed by atoms with van der Waals surface area (Å²) in [4.78, 5) is 1.34. The van der Waals surface area contributed by atoms with Crippen LogP contribution in [0.5, 0.6) is 0 Å². The molecule has 0 radical (unpaired) electrons. The summed E-state index contributed by atoms with van der Waals surface area (Å²) in [7, 11) is 1.98. The van der Waals surface area contributed by atoms with Crippen molar-refractivity contribution in [1.82, 2.24) is 5.32 Å². The highest BCUT2D eigenvalue weighted by atomic mass is 32.2. The summed E-state index contributed by atoms with van der Waals surface area (Å²) in [6.45, 7) is 5.32. The van der Waals surface area contributed by atoms with Gasteiger partial charge in [-0.05, 0) is 55.3 Å². The van der Waals surface area contributed by atoms with E-state index in [0.717, 1.165) is 12.3 Å². The Morgan fingerprint density at radius 2 is 1.58 bits per heavy atom. The molecule has 1 N–H and O–H groups in total. The molecule has 0 heterocycles. The van der Waals surface area contributed by atoms with E-state index in [-0.39, 0.29) is 0 Å². The van der Waals surface area contributed by atoms with Crippen molar-refractivity contribution in [1.29, 1.82) is 0 Å². The molecule has 1 nitrogen and oxygen atoms in total. The highest BCUT2D eigenvalue weighted by molar-refractivity contribution is 7.98. The first-order valence-electron chi connectivity index (χ1n) is 6.62. The fourth-order valence-corrected chi connectivity index (χ4v) is 3.23. The van der Waals surface area contributed by atoms with E-state index in [1.54, 1.807) is 0 Å². The quantitative estimate of drug-likeness (QED) is 0.813. The number of rotatable bonds is 5. The highest BCUT2D eigenvalue weighted by Gasteiger charge is 2.03. The molecule has 0 atom stereocenters. The molecule has 0 spiro atoms. The highest BCUT2D eigenvalue weighted by Crippen LogP contribution is 2.26. The largest absolute Gasteiger partial charge is 0.316 e. The van der Waals surface area contributed by atoms with Gasteiger partial charge in [0.1, 0.15) is 0 Å². The minimum absolute atomic E-state index is 0.932. The molecule has 19 heavy (non-hydrogen) atoms. The standard InChI is InChI=1S/C17H21NS/c1-13-5-4-6-14(2)17(13)12-19-16-9-7-15(8-10-16)11-18-3/h4-10,18H,11-12H2,1-3H3. The lowest BCUT2D eigenvalue weighted by Gasteiger charge is -2.09. The lowest BCUT2D eigenvalue weighted by Crippen LogP contribution is -2.04. The van der Waals surface area contributed by atoms with Crippen LogP contribution in [0, 0.1) is 13.8 Å². The fourth-order valence-electron chi connectivity index (χ4n) is 2.14.